The molecule has 0 bridgehead atoms. The molecule has 1 atom stereocenters. The van der Waals surface area contributed by atoms with Crippen molar-refractivity contribution in [2.24, 2.45) is 0 Å². The summed E-state index contributed by atoms with van der Waals surface area (Å²) in [5.74, 6) is 0. The molecular formula is C15H28N2S. The molecular weight excluding hydrogens is 240 g/mol. The highest BCUT2D eigenvalue weighted by Crippen LogP contribution is 2.23. The van der Waals surface area contributed by atoms with E-state index in [1.54, 1.807) is 0 Å². The van der Waals surface area contributed by atoms with Crippen LogP contribution in [0.2, 0.25) is 0 Å². The van der Waals surface area contributed by atoms with E-state index in [0.717, 1.165) is 19.6 Å². The summed E-state index contributed by atoms with van der Waals surface area (Å²) in [6.45, 7) is 12.1. The average molecular weight is 268 g/mol. The van der Waals surface area contributed by atoms with Gasteiger partial charge in [-0.1, -0.05) is 20.3 Å². The van der Waals surface area contributed by atoms with Crippen molar-refractivity contribution in [3.63, 3.8) is 0 Å². The van der Waals surface area contributed by atoms with Crippen molar-refractivity contribution >= 4 is 11.3 Å². The molecule has 1 rings (SSSR count). The molecule has 0 saturated carbocycles. The van der Waals surface area contributed by atoms with E-state index in [0.29, 0.717) is 6.04 Å². The molecule has 1 N–H and O–H groups in total. The standard InChI is InChI=1S/C15H28N2S/c1-6-8-12(3)17(5)11-14-9-15(10-16-7-2)18-13(14)4/h9,12,16H,6-8,10-11H2,1-5H3. The minimum atomic E-state index is 0.673. The molecule has 3 heteroatoms. The first-order chi connectivity index (χ1) is 8.58. The van der Waals surface area contributed by atoms with Crippen LogP contribution in [0.15, 0.2) is 6.07 Å². The first-order valence-corrected chi connectivity index (χ1v) is 7.89. The smallest absolute Gasteiger partial charge is 0.0299 e. The van der Waals surface area contributed by atoms with Crippen LogP contribution in [0.4, 0.5) is 0 Å². The van der Waals surface area contributed by atoms with Gasteiger partial charge in [0.25, 0.3) is 0 Å². The number of hydrogen-bond acceptors (Lipinski definition) is 3. The predicted molar refractivity (Wildman–Crippen MR) is 82.3 cm³/mol. The van der Waals surface area contributed by atoms with Gasteiger partial charge in [-0.25, -0.2) is 0 Å². The zero-order chi connectivity index (χ0) is 13.5. The Labute approximate surface area is 116 Å². The van der Waals surface area contributed by atoms with Gasteiger partial charge < -0.3 is 5.32 Å². The van der Waals surface area contributed by atoms with Crippen molar-refractivity contribution in [2.45, 2.75) is 59.7 Å². The first-order valence-electron chi connectivity index (χ1n) is 7.07. The second-order valence-electron chi connectivity index (χ2n) is 5.13. The molecule has 1 aromatic heterocycles. The van der Waals surface area contributed by atoms with E-state index in [9.17, 15) is 0 Å². The summed E-state index contributed by atoms with van der Waals surface area (Å²) in [4.78, 5) is 5.40. The molecule has 0 aliphatic carbocycles. The molecule has 1 unspecified atom stereocenters. The van der Waals surface area contributed by atoms with E-state index in [4.69, 9.17) is 0 Å². The third kappa shape index (κ3) is 4.71. The van der Waals surface area contributed by atoms with Crippen LogP contribution < -0.4 is 5.32 Å². The highest BCUT2D eigenvalue weighted by molar-refractivity contribution is 7.12. The molecule has 0 saturated heterocycles. The molecule has 0 amide bonds. The predicted octanol–water partition coefficient (Wildman–Crippen LogP) is 3.79. The van der Waals surface area contributed by atoms with Gasteiger partial charge in [-0.3, -0.25) is 4.90 Å². The van der Waals surface area contributed by atoms with Crippen molar-refractivity contribution in [2.75, 3.05) is 13.6 Å². The molecule has 1 heterocycles. The lowest BCUT2D eigenvalue weighted by Gasteiger charge is -2.24. The Kier molecular flexibility index (Phi) is 6.90. The van der Waals surface area contributed by atoms with E-state index in [1.807, 2.05) is 11.3 Å². The normalized spacial score (nSPS) is 13.2. The summed E-state index contributed by atoms with van der Waals surface area (Å²) < 4.78 is 0. The molecule has 18 heavy (non-hydrogen) atoms. The second-order valence-corrected chi connectivity index (χ2v) is 6.47. The van der Waals surface area contributed by atoms with Crippen LogP contribution in [0.25, 0.3) is 0 Å². The fraction of sp³-hybridized carbons (Fsp3) is 0.733. The van der Waals surface area contributed by atoms with Gasteiger partial charge in [-0.15, -0.1) is 11.3 Å². The van der Waals surface area contributed by atoms with E-state index < -0.39 is 0 Å². The molecule has 0 aliphatic heterocycles. The molecule has 2 nitrogen and oxygen atoms in total. The number of hydrogen-bond donors (Lipinski definition) is 1. The van der Waals surface area contributed by atoms with E-state index in [2.05, 4.69) is 51.0 Å². The minimum Gasteiger partial charge on any atom is -0.312 e. The summed E-state index contributed by atoms with van der Waals surface area (Å²) in [6, 6.07) is 3.05. The lowest BCUT2D eigenvalue weighted by atomic mass is 10.1. The number of thiophene rings is 1. The largest absolute Gasteiger partial charge is 0.312 e. The summed E-state index contributed by atoms with van der Waals surface area (Å²) in [5.41, 5.74) is 1.50. The van der Waals surface area contributed by atoms with Crippen LogP contribution in [0.1, 0.15) is 48.9 Å². The van der Waals surface area contributed by atoms with Gasteiger partial charge in [0.15, 0.2) is 0 Å². The zero-order valence-electron chi connectivity index (χ0n) is 12.5. The van der Waals surface area contributed by atoms with Crippen LogP contribution in [0.5, 0.6) is 0 Å². The molecule has 1 aromatic rings. The monoisotopic (exact) mass is 268 g/mol. The summed E-state index contributed by atoms with van der Waals surface area (Å²) in [7, 11) is 2.24. The fourth-order valence-electron chi connectivity index (χ4n) is 2.14. The quantitative estimate of drug-likeness (QED) is 0.772. The van der Waals surface area contributed by atoms with E-state index in [-0.39, 0.29) is 0 Å². The number of rotatable bonds is 8. The summed E-state index contributed by atoms with van der Waals surface area (Å²) >= 11 is 1.93. The van der Waals surface area contributed by atoms with Crippen LogP contribution >= 0.6 is 11.3 Å². The van der Waals surface area contributed by atoms with Crippen LogP contribution in [0, 0.1) is 6.92 Å². The van der Waals surface area contributed by atoms with Gasteiger partial charge in [0, 0.05) is 28.9 Å². The number of nitrogens with zero attached hydrogens (tertiary/aromatic N) is 1. The molecule has 0 aromatic carbocycles. The Morgan fingerprint density at radius 3 is 2.72 bits per heavy atom. The number of aryl methyl sites for hydroxylation is 1. The second kappa shape index (κ2) is 7.93. The maximum atomic E-state index is 3.40. The van der Waals surface area contributed by atoms with Gasteiger partial charge in [0.1, 0.15) is 0 Å². The summed E-state index contributed by atoms with van der Waals surface area (Å²) in [5, 5.41) is 3.40. The minimum absolute atomic E-state index is 0.673. The Morgan fingerprint density at radius 2 is 2.11 bits per heavy atom. The Bertz CT molecular complexity index is 346. The van der Waals surface area contributed by atoms with Gasteiger partial charge in [0.2, 0.25) is 0 Å². The third-order valence-corrected chi connectivity index (χ3v) is 4.59. The topological polar surface area (TPSA) is 15.3 Å². The maximum Gasteiger partial charge on any atom is 0.0299 e. The van der Waals surface area contributed by atoms with E-state index in [1.165, 1.54) is 28.2 Å². The van der Waals surface area contributed by atoms with Gasteiger partial charge in [-0.2, -0.15) is 0 Å². The Morgan fingerprint density at radius 1 is 1.39 bits per heavy atom. The third-order valence-electron chi connectivity index (χ3n) is 3.50. The zero-order valence-corrected chi connectivity index (χ0v) is 13.4. The molecule has 0 spiro atoms. The number of nitrogens with one attached hydrogen (secondary N) is 1. The van der Waals surface area contributed by atoms with Crippen LogP contribution in [-0.4, -0.2) is 24.5 Å². The molecule has 0 aliphatic rings. The Hall–Kier alpha value is -0.380. The van der Waals surface area contributed by atoms with Crippen molar-refractivity contribution in [1.29, 1.82) is 0 Å². The Balaban J connectivity index is 2.58. The van der Waals surface area contributed by atoms with Crippen molar-refractivity contribution in [3.05, 3.63) is 21.4 Å². The fourth-order valence-corrected chi connectivity index (χ4v) is 3.17. The van der Waals surface area contributed by atoms with Gasteiger partial charge in [0.05, 0.1) is 0 Å². The van der Waals surface area contributed by atoms with Crippen LogP contribution in [-0.2, 0) is 13.1 Å². The SMILES string of the molecule is CCCC(C)N(C)Cc1cc(CNCC)sc1C. The first kappa shape index (κ1) is 15.7. The average Bonchev–Trinajstić information content (AvgIpc) is 2.67. The highest BCUT2D eigenvalue weighted by atomic mass is 32.1. The summed E-state index contributed by atoms with van der Waals surface area (Å²) in [6.07, 6.45) is 2.55. The molecule has 104 valence electrons. The maximum absolute atomic E-state index is 3.40. The molecule has 0 fully saturated rings. The lowest BCUT2D eigenvalue weighted by molar-refractivity contribution is 0.236. The lowest BCUT2D eigenvalue weighted by Crippen LogP contribution is -2.28. The van der Waals surface area contributed by atoms with Crippen molar-refractivity contribution in [3.8, 4) is 0 Å². The van der Waals surface area contributed by atoms with Crippen LogP contribution in [0.3, 0.4) is 0 Å². The highest BCUT2D eigenvalue weighted by Gasteiger charge is 2.12. The van der Waals surface area contributed by atoms with Gasteiger partial charge >= 0.3 is 0 Å². The van der Waals surface area contributed by atoms with E-state index >= 15 is 0 Å². The molecule has 0 radical (unpaired) electrons. The van der Waals surface area contributed by atoms with Gasteiger partial charge in [-0.05, 0) is 45.5 Å². The van der Waals surface area contributed by atoms with Crippen molar-refractivity contribution in [1.82, 2.24) is 10.2 Å². The van der Waals surface area contributed by atoms with Crippen molar-refractivity contribution < 1.29 is 0 Å².